The summed E-state index contributed by atoms with van der Waals surface area (Å²) in [6.45, 7) is 3.66. The van der Waals surface area contributed by atoms with E-state index in [1.54, 1.807) is 6.20 Å². The second-order valence-electron chi connectivity index (χ2n) is 6.05. The third-order valence-corrected chi connectivity index (χ3v) is 4.27. The number of aromatic amines is 1. The molecule has 7 nitrogen and oxygen atoms in total. The fraction of sp³-hybridized carbons (Fsp3) is 0.625. The van der Waals surface area contributed by atoms with E-state index in [-0.39, 0.29) is 5.91 Å². The molecule has 3 rings (SSSR count). The summed E-state index contributed by atoms with van der Waals surface area (Å²) in [5.74, 6) is 1.80. The average Bonchev–Trinajstić information content (AvgIpc) is 3.25. The van der Waals surface area contributed by atoms with Crippen LogP contribution < -0.4 is 0 Å². The SMILES string of the molecule is CCCc1noc(CCC(=O)N2CCC[C@@H](c3ccn[nH]3)C2)n1. The van der Waals surface area contributed by atoms with Crippen LogP contribution in [-0.4, -0.2) is 44.2 Å². The van der Waals surface area contributed by atoms with Gasteiger partial charge in [-0.05, 0) is 25.3 Å². The van der Waals surface area contributed by atoms with Crippen LogP contribution in [0, 0.1) is 0 Å². The minimum Gasteiger partial charge on any atom is -0.342 e. The van der Waals surface area contributed by atoms with Crippen LogP contribution in [0.1, 0.15) is 55.9 Å². The molecule has 0 bridgehead atoms. The maximum Gasteiger partial charge on any atom is 0.227 e. The van der Waals surface area contributed by atoms with Gasteiger partial charge in [0.25, 0.3) is 0 Å². The number of nitrogens with one attached hydrogen (secondary N) is 1. The van der Waals surface area contributed by atoms with E-state index in [0.717, 1.165) is 50.3 Å². The summed E-state index contributed by atoms with van der Waals surface area (Å²) in [5.41, 5.74) is 1.11. The van der Waals surface area contributed by atoms with E-state index < -0.39 is 0 Å². The molecule has 0 saturated carbocycles. The van der Waals surface area contributed by atoms with E-state index in [1.165, 1.54) is 0 Å². The van der Waals surface area contributed by atoms with E-state index in [2.05, 4.69) is 27.3 Å². The predicted octanol–water partition coefficient (Wildman–Crippen LogP) is 2.08. The number of piperidine rings is 1. The maximum atomic E-state index is 12.4. The molecule has 0 unspecified atom stereocenters. The number of likely N-dealkylation sites (tertiary alicyclic amines) is 1. The average molecular weight is 317 g/mol. The van der Waals surface area contributed by atoms with Crippen molar-refractivity contribution in [3.05, 3.63) is 29.7 Å². The van der Waals surface area contributed by atoms with Crippen molar-refractivity contribution in [3.63, 3.8) is 0 Å². The van der Waals surface area contributed by atoms with Crippen LogP contribution in [0.4, 0.5) is 0 Å². The number of carbonyl (C=O) groups excluding carboxylic acids is 1. The minimum absolute atomic E-state index is 0.157. The number of aryl methyl sites for hydroxylation is 2. The van der Waals surface area contributed by atoms with Crippen LogP contribution >= 0.6 is 0 Å². The third kappa shape index (κ3) is 3.97. The zero-order valence-corrected chi connectivity index (χ0v) is 13.5. The molecule has 0 aromatic carbocycles. The molecular weight excluding hydrogens is 294 g/mol. The Bertz CT molecular complexity index is 622. The monoisotopic (exact) mass is 317 g/mol. The smallest absolute Gasteiger partial charge is 0.227 e. The zero-order valence-electron chi connectivity index (χ0n) is 13.5. The Morgan fingerprint density at radius 3 is 3.17 bits per heavy atom. The largest absolute Gasteiger partial charge is 0.342 e. The lowest BCUT2D eigenvalue weighted by Crippen LogP contribution is -2.39. The standard InChI is InChI=1S/C16H23N5O2/c1-2-4-14-18-15(23-20-14)6-7-16(22)21-10-3-5-12(11-21)13-8-9-17-19-13/h8-9,12H,2-7,10-11H2,1H3,(H,17,19)/t12-/m1/s1. The first-order chi connectivity index (χ1) is 11.3. The van der Waals surface area contributed by atoms with E-state index in [1.807, 2.05) is 11.0 Å². The molecule has 0 radical (unpaired) electrons. The third-order valence-electron chi connectivity index (χ3n) is 4.27. The van der Waals surface area contributed by atoms with Gasteiger partial charge in [0.2, 0.25) is 11.8 Å². The van der Waals surface area contributed by atoms with Gasteiger partial charge in [0.15, 0.2) is 5.82 Å². The lowest BCUT2D eigenvalue weighted by Gasteiger charge is -2.32. The van der Waals surface area contributed by atoms with Gasteiger partial charge in [-0.25, -0.2) is 0 Å². The first-order valence-electron chi connectivity index (χ1n) is 8.34. The Hall–Kier alpha value is -2.18. The number of carbonyl (C=O) groups is 1. The number of nitrogens with zero attached hydrogens (tertiary/aromatic N) is 4. The number of H-pyrrole nitrogens is 1. The van der Waals surface area contributed by atoms with Crippen molar-refractivity contribution >= 4 is 5.91 Å². The van der Waals surface area contributed by atoms with Crippen molar-refractivity contribution in [1.29, 1.82) is 0 Å². The van der Waals surface area contributed by atoms with E-state index in [4.69, 9.17) is 4.52 Å². The number of hydrogen-bond acceptors (Lipinski definition) is 5. The van der Waals surface area contributed by atoms with Crippen molar-refractivity contribution in [2.75, 3.05) is 13.1 Å². The van der Waals surface area contributed by atoms with Gasteiger partial charge in [0.1, 0.15) is 0 Å². The summed E-state index contributed by atoms with van der Waals surface area (Å²) in [6, 6.07) is 1.99. The number of aromatic nitrogens is 4. The molecule has 23 heavy (non-hydrogen) atoms. The molecule has 1 saturated heterocycles. The van der Waals surface area contributed by atoms with Crippen molar-refractivity contribution < 1.29 is 9.32 Å². The van der Waals surface area contributed by atoms with E-state index >= 15 is 0 Å². The lowest BCUT2D eigenvalue weighted by molar-refractivity contribution is -0.132. The second-order valence-corrected chi connectivity index (χ2v) is 6.05. The molecule has 2 aromatic rings. The molecular formula is C16H23N5O2. The first-order valence-corrected chi connectivity index (χ1v) is 8.34. The lowest BCUT2D eigenvalue weighted by atomic mass is 9.94. The van der Waals surface area contributed by atoms with Gasteiger partial charge in [-0.1, -0.05) is 12.1 Å². The van der Waals surface area contributed by atoms with Crippen LogP contribution in [0.5, 0.6) is 0 Å². The van der Waals surface area contributed by atoms with Crippen LogP contribution in [0.25, 0.3) is 0 Å². The summed E-state index contributed by atoms with van der Waals surface area (Å²) in [4.78, 5) is 18.7. The Kier molecular flexibility index (Phi) is 5.05. The summed E-state index contributed by atoms with van der Waals surface area (Å²) < 4.78 is 5.19. The molecule has 1 aliphatic heterocycles. The molecule has 124 valence electrons. The summed E-state index contributed by atoms with van der Waals surface area (Å²) in [7, 11) is 0. The minimum atomic E-state index is 0.157. The van der Waals surface area contributed by atoms with E-state index in [0.29, 0.717) is 24.7 Å². The molecule has 3 heterocycles. The molecule has 0 spiro atoms. The maximum absolute atomic E-state index is 12.4. The highest BCUT2D eigenvalue weighted by Gasteiger charge is 2.25. The molecule has 0 aliphatic carbocycles. The zero-order chi connectivity index (χ0) is 16.1. The summed E-state index contributed by atoms with van der Waals surface area (Å²) in [5, 5.41) is 10.9. The highest BCUT2D eigenvalue weighted by molar-refractivity contribution is 5.76. The summed E-state index contributed by atoms with van der Waals surface area (Å²) in [6.07, 6.45) is 6.62. The van der Waals surface area contributed by atoms with Crippen LogP contribution in [-0.2, 0) is 17.6 Å². The molecule has 2 aromatic heterocycles. The number of amides is 1. The van der Waals surface area contributed by atoms with Crippen LogP contribution in [0.3, 0.4) is 0 Å². The molecule has 1 atom stereocenters. The Morgan fingerprint density at radius 1 is 1.48 bits per heavy atom. The molecule has 1 N–H and O–H groups in total. The predicted molar refractivity (Wildman–Crippen MR) is 83.8 cm³/mol. The fourth-order valence-corrected chi connectivity index (χ4v) is 3.04. The van der Waals surface area contributed by atoms with E-state index in [9.17, 15) is 4.79 Å². The molecule has 1 amide bonds. The number of rotatable bonds is 6. The quantitative estimate of drug-likeness (QED) is 0.881. The molecule has 7 heteroatoms. The summed E-state index contributed by atoms with van der Waals surface area (Å²) >= 11 is 0. The highest BCUT2D eigenvalue weighted by Crippen LogP contribution is 2.25. The fourth-order valence-electron chi connectivity index (χ4n) is 3.04. The molecule has 1 fully saturated rings. The van der Waals surface area contributed by atoms with Crippen LogP contribution in [0.15, 0.2) is 16.8 Å². The Balaban J connectivity index is 1.51. The number of hydrogen-bond donors (Lipinski definition) is 1. The van der Waals surface area contributed by atoms with Gasteiger partial charge in [0, 0.05) is 50.2 Å². The van der Waals surface area contributed by atoms with Gasteiger partial charge >= 0.3 is 0 Å². The van der Waals surface area contributed by atoms with Crippen molar-refractivity contribution in [3.8, 4) is 0 Å². The van der Waals surface area contributed by atoms with Gasteiger partial charge in [-0.3, -0.25) is 9.89 Å². The van der Waals surface area contributed by atoms with Gasteiger partial charge in [-0.15, -0.1) is 0 Å². The van der Waals surface area contributed by atoms with Gasteiger partial charge in [-0.2, -0.15) is 10.1 Å². The van der Waals surface area contributed by atoms with Gasteiger partial charge < -0.3 is 9.42 Å². The van der Waals surface area contributed by atoms with Gasteiger partial charge in [0.05, 0.1) is 0 Å². The second kappa shape index (κ2) is 7.39. The van der Waals surface area contributed by atoms with Crippen molar-refractivity contribution in [2.24, 2.45) is 0 Å². The first kappa shape index (κ1) is 15.7. The van der Waals surface area contributed by atoms with Crippen molar-refractivity contribution in [2.45, 2.75) is 51.4 Å². The normalized spacial score (nSPS) is 18.3. The van der Waals surface area contributed by atoms with Crippen LogP contribution in [0.2, 0.25) is 0 Å². The van der Waals surface area contributed by atoms with Crippen molar-refractivity contribution in [1.82, 2.24) is 25.2 Å². The Morgan fingerprint density at radius 2 is 2.39 bits per heavy atom. The Labute approximate surface area is 135 Å². The highest BCUT2D eigenvalue weighted by atomic mass is 16.5. The molecule has 1 aliphatic rings. The topological polar surface area (TPSA) is 87.9 Å².